The summed E-state index contributed by atoms with van der Waals surface area (Å²) in [6.07, 6.45) is 4.32. The predicted octanol–water partition coefficient (Wildman–Crippen LogP) is 2.11. The molecular weight excluding hydrogens is 350 g/mol. The second-order valence-corrected chi connectivity index (χ2v) is 7.93. The molecule has 4 rings (SSSR count). The minimum Gasteiger partial charge on any atom is -0.368 e. The van der Waals surface area contributed by atoms with Crippen LogP contribution in [-0.4, -0.2) is 48.4 Å². The summed E-state index contributed by atoms with van der Waals surface area (Å²) in [4.78, 5) is 15.4. The zero-order chi connectivity index (χ0) is 18.3. The van der Waals surface area contributed by atoms with Crippen molar-refractivity contribution in [2.75, 3.05) is 38.1 Å². The number of hydrogen-bond acceptors (Lipinski definition) is 4. The SMILES string of the molecule is CNC1CCN(c2c(Cl)ccc3c2n(C)c(=O)n3C2CCCNC2)CC1. The maximum absolute atomic E-state index is 13.1. The van der Waals surface area contributed by atoms with E-state index < -0.39 is 0 Å². The van der Waals surface area contributed by atoms with Gasteiger partial charge >= 0.3 is 5.69 Å². The normalized spacial score (nSPS) is 22.3. The molecule has 2 aromatic rings. The van der Waals surface area contributed by atoms with Crippen LogP contribution in [0.25, 0.3) is 11.0 Å². The molecule has 1 aromatic carbocycles. The fourth-order valence-corrected chi connectivity index (χ4v) is 4.80. The van der Waals surface area contributed by atoms with Gasteiger partial charge in [-0.2, -0.15) is 0 Å². The van der Waals surface area contributed by atoms with Crippen LogP contribution in [0.1, 0.15) is 31.7 Å². The Morgan fingerprint density at radius 2 is 2.00 bits per heavy atom. The number of aryl methyl sites for hydroxylation is 1. The van der Waals surface area contributed by atoms with E-state index in [0.717, 1.165) is 73.6 Å². The molecule has 2 fully saturated rings. The first-order chi connectivity index (χ1) is 12.6. The quantitative estimate of drug-likeness (QED) is 0.860. The second kappa shape index (κ2) is 7.25. The number of hydrogen-bond donors (Lipinski definition) is 2. The van der Waals surface area contributed by atoms with E-state index in [0.29, 0.717) is 6.04 Å². The van der Waals surface area contributed by atoms with Crippen molar-refractivity contribution in [3.05, 3.63) is 27.6 Å². The first kappa shape index (κ1) is 17.9. The van der Waals surface area contributed by atoms with Crippen LogP contribution in [-0.2, 0) is 7.05 Å². The standard InChI is InChI=1S/C19H28ClN5O/c1-21-13-7-10-24(11-8-13)17-15(20)5-6-16-18(17)23(2)19(26)25(16)14-4-3-9-22-12-14/h5-6,13-14,21-22H,3-4,7-12H2,1-2H3. The Kier molecular flexibility index (Phi) is 4.99. The summed E-state index contributed by atoms with van der Waals surface area (Å²) in [7, 11) is 3.90. The van der Waals surface area contributed by atoms with Gasteiger partial charge in [-0.1, -0.05) is 11.6 Å². The number of halogens is 1. The first-order valence-electron chi connectivity index (χ1n) is 9.64. The summed E-state index contributed by atoms with van der Waals surface area (Å²) >= 11 is 6.63. The Balaban J connectivity index is 1.81. The number of nitrogens with zero attached hydrogens (tertiary/aromatic N) is 3. The third-order valence-electron chi connectivity index (χ3n) is 6.02. The number of imidazole rings is 1. The zero-order valence-electron chi connectivity index (χ0n) is 15.6. The summed E-state index contributed by atoms with van der Waals surface area (Å²) < 4.78 is 3.76. The largest absolute Gasteiger partial charge is 0.368 e. The number of fused-ring (bicyclic) bond motifs is 1. The molecule has 1 atom stereocenters. The molecule has 2 N–H and O–H groups in total. The third kappa shape index (κ3) is 2.94. The number of nitrogens with one attached hydrogen (secondary N) is 2. The van der Waals surface area contributed by atoms with Crippen LogP contribution in [0.5, 0.6) is 0 Å². The lowest BCUT2D eigenvalue weighted by atomic mass is 10.0. The fourth-order valence-electron chi connectivity index (χ4n) is 4.53. The average molecular weight is 378 g/mol. The van der Waals surface area contributed by atoms with Gasteiger partial charge in [-0.3, -0.25) is 9.13 Å². The molecule has 142 valence electrons. The van der Waals surface area contributed by atoms with Gasteiger partial charge in [-0.15, -0.1) is 0 Å². The molecule has 0 bridgehead atoms. The van der Waals surface area contributed by atoms with Crippen LogP contribution in [0.4, 0.5) is 5.69 Å². The van der Waals surface area contributed by atoms with E-state index in [1.165, 1.54) is 0 Å². The smallest absolute Gasteiger partial charge is 0.329 e. The molecule has 7 heteroatoms. The molecule has 0 spiro atoms. The van der Waals surface area contributed by atoms with E-state index in [-0.39, 0.29) is 11.7 Å². The van der Waals surface area contributed by atoms with Crippen LogP contribution >= 0.6 is 11.6 Å². The van der Waals surface area contributed by atoms with Crippen LogP contribution in [0, 0.1) is 0 Å². The van der Waals surface area contributed by atoms with Gasteiger partial charge in [-0.05, 0) is 51.4 Å². The highest BCUT2D eigenvalue weighted by molar-refractivity contribution is 6.34. The zero-order valence-corrected chi connectivity index (χ0v) is 16.4. The molecule has 0 saturated carbocycles. The summed E-state index contributed by atoms with van der Waals surface area (Å²) in [6, 6.07) is 4.74. The molecule has 1 aromatic heterocycles. The molecule has 0 amide bonds. The van der Waals surface area contributed by atoms with Gasteiger partial charge in [0, 0.05) is 32.7 Å². The van der Waals surface area contributed by atoms with E-state index in [9.17, 15) is 4.79 Å². The van der Waals surface area contributed by atoms with Gasteiger partial charge in [0.1, 0.15) is 0 Å². The third-order valence-corrected chi connectivity index (χ3v) is 6.33. The van der Waals surface area contributed by atoms with Gasteiger partial charge in [0.05, 0.1) is 27.8 Å². The molecular formula is C19H28ClN5O. The van der Waals surface area contributed by atoms with Gasteiger partial charge in [0.15, 0.2) is 0 Å². The lowest BCUT2D eigenvalue weighted by molar-refractivity contribution is 0.369. The lowest BCUT2D eigenvalue weighted by Gasteiger charge is -2.34. The van der Waals surface area contributed by atoms with E-state index in [1.54, 1.807) is 4.57 Å². The van der Waals surface area contributed by atoms with Crippen molar-refractivity contribution in [1.82, 2.24) is 19.8 Å². The topological polar surface area (TPSA) is 54.2 Å². The van der Waals surface area contributed by atoms with E-state index in [4.69, 9.17) is 11.6 Å². The monoisotopic (exact) mass is 377 g/mol. The molecule has 2 saturated heterocycles. The summed E-state index contributed by atoms with van der Waals surface area (Å²) in [5, 5.41) is 7.52. The van der Waals surface area contributed by atoms with Crippen LogP contribution in [0.2, 0.25) is 5.02 Å². The Morgan fingerprint density at radius 1 is 1.23 bits per heavy atom. The Morgan fingerprint density at radius 3 is 2.65 bits per heavy atom. The van der Waals surface area contributed by atoms with Crippen molar-refractivity contribution >= 4 is 28.3 Å². The number of anilines is 1. The molecule has 3 heterocycles. The minimum absolute atomic E-state index is 0.0577. The number of benzene rings is 1. The van der Waals surface area contributed by atoms with Crippen molar-refractivity contribution in [3.8, 4) is 0 Å². The van der Waals surface area contributed by atoms with Crippen molar-refractivity contribution < 1.29 is 0 Å². The second-order valence-electron chi connectivity index (χ2n) is 7.53. The average Bonchev–Trinajstić information content (AvgIpc) is 2.93. The van der Waals surface area contributed by atoms with Crippen LogP contribution in [0.15, 0.2) is 16.9 Å². The van der Waals surface area contributed by atoms with Gasteiger partial charge in [0.25, 0.3) is 0 Å². The number of rotatable bonds is 3. The van der Waals surface area contributed by atoms with Crippen molar-refractivity contribution in [2.45, 2.75) is 37.8 Å². The molecule has 0 aliphatic carbocycles. The van der Waals surface area contributed by atoms with Gasteiger partial charge < -0.3 is 15.5 Å². The molecule has 2 aliphatic rings. The van der Waals surface area contributed by atoms with Crippen molar-refractivity contribution in [3.63, 3.8) is 0 Å². The first-order valence-corrected chi connectivity index (χ1v) is 10.0. The summed E-state index contributed by atoms with van der Waals surface area (Å²) in [6.45, 7) is 3.79. The Labute approximate surface area is 159 Å². The van der Waals surface area contributed by atoms with E-state index >= 15 is 0 Å². The number of piperidine rings is 2. The van der Waals surface area contributed by atoms with E-state index in [2.05, 4.69) is 15.5 Å². The van der Waals surface area contributed by atoms with Crippen LogP contribution < -0.4 is 21.2 Å². The molecule has 6 nitrogen and oxygen atoms in total. The number of aromatic nitrogens is 2. The minimum atomic E-state index is 0.0577. The van der Waals surface area contributed by atoms with Gasteiger partial charge in [-0.25, -0.2) is 4.79 Å². The Bertz CT molecular complexity index is 844. The van der Waals surface area contributed by atoms with Crippen molar-refractivity contribution in [1.29, 1.82) is 0 Å². The predicted molar refractivity (Wildman–Crippen MR) is 108 cm³/mol. The van der Waals surface area contributed by atoms with Gasteiger partial charge in [0.2, 0.25) is 0 Å². The summed E-state index contributed by atoms with van der Waals surface area (Å²) in [5.74, 6) is 0. The highest BCUT2D eigenvalue weighted by Gasteiger charge is 2.27. The van der Waals surface area contributed by atoms with Crippen LogP contribution in [0.3, 0.4) is 0 Å². The molecule has 1 unspecified atom stereocenters. The van der Waals surface area contributed by atoms with Crippen molar-refractivity contribution in [2.24, 2.45) is 7.05 Å². The molecule has 0 radical (unpaired) electrons. The summed E-state index contributed by atoms with van der Waals surface area (Å²) in [5.41, 5.74) is 3.04. The van der Waals surface area contributed by atoms with E-state index in [1.807, 2.05) is 30.8 Å². The Hall–Kier alpha value is -1.50. The maximum atomic E-state index is 13.1. The lowest BCUT2D eigenvalue weighted by Crippen LogP contribution is -2.41. The molecule has 2 aliphatic heterocycles. The molecule has 26 heavy (non-hydrogen) atoms. The highest BCUT2D eigenvalue weighted by atomic mass is 35.5. The maximum Gasteiger partial charge on any atom is 0.329 e. The fraction of sp³-hybridized carbons (Fsp3) is 0.632. The highest BCUT2D eigenvalue weighted by Crippen LogP contribution is 2.36.